The number of aliphatic carboxylic acids is 1. The summed E-state index contributed by atoms with van der Waals surface area (Å²) in [6.45, 7) is 6.85. The molecule has 2 atom stereocenters. The van der Waals surface area contributed by atoms with Gasteiger partial charge in [0.1, 0.15) is 5.38 Å². The summed E-state index contributed by atoms with van der Waals surface area (Å²) in [4.78, 5) is 22.6. The van der Waals surface area contributed by atoms with E-state index in [1.165, 1.54) is 0 Å². The fourth-order valence-electron chi connectivity index (χ4n) is 1.81. The van der Waals surface area contributed by atoms with Gasteiger partial charge in [-0.15, -0.1) is 11.6 Å². The number of rotatable bonds is 3. The van der Waals surface area contributed by atoms with Crippen LogP contribution < -0.4 is 0 Å². The van der Waals surface area contributed by atoms with E-state index in [1.54, 1.807) is 0 Å². The van der Waals surface area contributed by atoms with Crippen LogP contribution in [0.4, 0.5) is 0 Å². The van der Waals surface area contributed by atoms with E-state index in [2.05, 4.69) is 19.6 Å². The summed E-state index contributed by atoms with van der Waals surface area (Å²) >= 11 is 5.70. The van der Waals surface area contributed by atoms with Crippen molar-refractivity contribution in [2.75, 3.05) is 6.54 Å². The zero-order valence-electron chi connectivity index (χ0n) is 9.16. The van der Waals surface area contributed by atoms with Gasteiger partial charge in [-0.3, -0.25) is 9.59 Å². The van der Waals surface area contributed by atoms with E-state index in [9.17, 15) is 9.59 Å². The lowest BCUT2D eigenvalue weighted by Gasteiger charge is -2.30. The highest BCUT2D eigenvalue weighted by molar-refractivity contribution is 6.75. The molecule has 0 spiro atoms. The van der Waals surface area contributed by atoms with Gasteiger partial charge in [0.05, 0.1) is 5.92 Å². The predicted octanol–water partition coefficient (Wildman–Crippen LogP) is 1.36. The minimum atomic E-state index is -1.68. The molecular formula is C9H16ClNO3Si. The Morgan fingerprint density at radius 2 is 2.13 bits per heavy atom. The van der Waals surface area contributed by atoms with Crippen molar-refractivity contribution in [3.8, 4) is 0 Å². The quantitative estimate of drug-likeness (QED) is 0.607. The molecule has 1 N–H and O–H groups in total. The van der Waals surface area contributed by atoms with Crippen LogP contribution in [-0.2, 0) is 9.59 Å². The van der Waals surface area contributed by atoms with Crippen LogP contribution >= 0.6 is 11.6 Å². The Morgan fingerprint density at radius 1 is 1.60 bits per heavy atom. The summed E-state index contributed by atoms with van der Waals surface area (Å²) in [7, 11) is -1.68. The van der Waals surface area contributed by atoms with Crippen molar-refractivity contribution in [1.82, 2.24) is 4.57 Å². The first kappa shape index (κ1) is 12.5. The van der Waals surface area contributed by atoms with Gasteiger partial charge in [0.15, 0.2) is 8.24 Å². The molecule has 1 amide bonds. The van der Waals surface area contributed by atoms with E-state index in [1.807, 2.05) is 4.57 Å². The SMILES string of the molecule is C[Si](C)(C)N1CC[C@@H](C(Cl)C(=O)O)C1=O. The minimum Gasteiger partial charge on any atom is -0.480 e. The van der Waals surface area contributed by atoms with Crippen molar-refractivity contribution in [2.24, 2.45) is 5.92 Å². The Kier molecular flexibility index (Phi) is 3.45. The smallest absolute Gasteiger partial charge is 0.322 e. The molecule has 0 bridgehead atoms. The van der Waals surface area contributed by atoms with Crippen LogP contribution in [0, 0.1) is 5.92 Å². The van der Waals surface area contributed by atoms with Crippen molar-refractivity contribution in [2.45, 2.75) is 31.4 Å². The van der Waals surface area contributed by atoms with E-state index in [0.717, 1.165) is 0 Å². The molecule has 0 saturated carbocycles. The standard InChI is InChI=1S/C9H16ClNO3Si/c1-15(2,3)11-5-4-6(8(11)12)7(10)9(13)14/h6-7H,4-5H2,1-3H3,(H,13,14)/t6-,7?/m0/s1. The van der Waals surface area contributed by atoms with Gasteiger partial charge in [0.2, 0.25) is 5.91 Å². The number of hydrogen-bond donors (Lipinski definition) is 1. The molecule has 1 saturated heterocycles. The number of amides is 1. The maximum Gasteiger partial charge on any atom is 0.322 e. The summed E-state index contributed by atoms with van der Waals surface area (Å²) in [5.74, 6) is -1.74. The summed E-state index contributed by atoms with van der Waals surface area (Å²) in [5, 5.41) is 7.67. The van der Waals surface area contributed by atoms with Crippen LogP contribution in [0.5, 0.6) is 0 Å². The number of halogens is 1. The number of alkyl halides is 1. The molecule has 0 aromatic heterocycles. The van der Waals surface area contributed by atoms with Gasteiger partial charge in [0.25, 0.3) is 0 Å². The Morgan fingerprint density at radius 3 is 2.47 bits per heavy atom. The molecule has 0 aromatic carbocycles. The first-order chi connectivity index (χ1) is 6.75. The summed E-state index contributed by atoms with van der Waals surface area (Å²) in [6, 6.07) is 0. The third-order valence-corrected chi connectivity index (χ3v) is 5.20. The zero-order chi connectivity index (χ0) is 11.8. The lowest BCUT2D eigenvalue weighted by Crippen LogP contribution is -2.48. The van der Waals surface area contributed by atoms with Crippen LogP contribution in [0.1, 0.15) is 6.42 Å². The van der Waals surface area contributed by atoms with Crippen molar-refractivity contribution in [1.29, 1.82) is 0 Å². The lowest BCUT2D eigenvalue weighted by atomic mass is 10.0. The largest absolute Gasteiger partial charge is 0.480 e. The second-order valence-corrected chi connectivity index (χ2v) is 10.1. The average Bonchev–Trinajstić information content (AvgIpc) is 2.44. The second-order valence-electron chi connectivity index (χ2n) is 4.80. The van der Waals surface area contributed by atoms with E-state index in [4.69, 9.17) is 16.7 Å². The van der Waals surface area contributed by atoms with Crippen LogP contribution in [0.25, 0.3) is 0 Å². The van der Waals surface area contributed by atoms with Crippen molar-refractivity contribution in [3.63, 3.8) is 0 Å². The van der Waals surface area contributed by atoms with Crippen LogP contribution in [-0.4, -0.2) is 41.7 Å². The third kappa shape index (κ3) is 2.52. The predicted molar refractivity (Wildman–Crippen MR) is 60.4 cm³/mol. The maximum atomic E-state index is 11.9. The van der Waals surface area contributed by atoms with Gasteiger partial charge in [0, 0.05) is 6.54 Å². The molecule has 1 aliphatic rings. The van der Waals surface area contributed by atoms with Gasteiger partial charge in [-0.1, -0.05) is 19.6 Å². The molecule has 0 aromatic rings. The first-order valence-electron chi connectivity index (χ1n) is 4.93. The second kappa shape index (κ2) is 4.13. The molecule has 86 valence electrons. The third-order valence-electron chi connectivity index (χ3n) is 2.65. The van der Waals surface area contributed by atoms with Crippen molar-refractivity contribution < 1.29 is 14.7 Å². The number of carbonyl (C=O) groups excluding carboxylic acids is 1. The highest BCUT2D eigenvalue weighted by Gasteiger charge is 2.43. The van der Waals surface area contributed by atoms with Crippen LogP contribution in [0.15, 0.2) is 0 Å². The zero-order valence-corrected chi connectivity index (χ0v) is 10.9. The highest BCUT2D eigenvalue weighted by atomic mass is 35.5. The average molecular weight is 250 g/mol. The number of carbonyl (C=O) groups is 2. The van der Waals surface area contributed by atoms with Gasteiger partial charge in [-0.25, -0.2) is 0 Å². The number of nitrogens with zero attached hydrogens (tertiary/aromatic N) is 1. The highest BCUT2D eigenvalue weighted by Crippen LogP contribution is 2.28. The van der Waals surface area contributed by atoms with E-state index < -0.39 is 25.5 Å². The number of carboxylic acids is 1. The Hall–Kier alpha value is -0.553. The lowest BCUT2D eigenvalue weighted by molar-refractivity contribution is -0.140. The summed E-state index contributed by atoms with van der Waals surface area (Å²) in [6.07, 6.45) is 0.559. The fraction of sp³-hybridized carbons (Fsp3) is 0.778. The molecule has 1 heterocycles. The summed E-state index contributed by atoms with van der Waals surface area (Å²) < 4.78 is 1.83. The topological polar surface area (TPSA) is 57.6 Å². The van der Waals surface area contributed by atoms with Crippen molar-refractivity contribution >= 4 is 31.7 Å². The van der Waals surface area contributed by atoms with E-state index in [-0.39, 0.29) is 5.91 Å². The molecule has 15 heavy (non-hydrogen) atoms. The molecule has 1 aliphatic heterocycles. The molecule has 1 unspecified atom stereocenters. The van der Waals surface area contributed by atoms with E-state index in [0.29, 0.717) is 13.0 Å². The molecule has 0 aliphatic carbocycles. The molecule has 0 radical (unpaired) electrons. The first-order valence-corrected chi connectivity index (χ1v) is 8.82. The fourth-order valence-corrected chi connectivity index (χ4v) is 3.67. The summed E-state index contributed by atoms with van der Waals surface area (Å²) in [5.41, 5.74) is 0. The van der Waals surface area contributed by atoms with Gasteiger partial charge in [-0.2, -0.15) is 0 Å². The Labute approximate surface area is 95.3 Å². The maximum absolute atomic E-state index is 11.9. The molecule has 1 fully saturated rings. The van der Waals surface area contributed by atoms with Crippen molar-refractivity contribution in [3.05, 3.63) is 0 Å². The molecular weight excluding hydrogens is 234 g/mol. The normalized spacial score (nSPS) is 24.4. The van der Waals surface area contributed by atoms with Crippen LogP contribution in [0.3, 0.4) is 0 Å². The van der Waals surface area contributed by atoms with Gasteiger partial charge in [-0.05, 0) is 6.42 Å². The monoisotopic (exact) mass is 249 g/mol. The van der Waals surface area contributed by atoms with Gasteiger partial charge < -0.3 is 9.67 Å². The molecule has 1 rings (SSSR count). The number of hydrogen-bond acceptors (Lipinski definition) is 2. The Bertz CT molecular complexity index is 290. The van der Waals surface area contributed by atoms with E-state index >= 15 is 0 Å². The molecule has 6 heteroatoms. The Balaban J connectivity index is 2.77. The molecule has 4 nitrogen and oxygen atoms in total. The number of carboxylic acid groups (broad SMARTS) is 1. The van der Waals surface area contributed by atoms with Gasteiger partial charge >= 0.3 is 5.97 Å². The van der Waals surface area contributed by atoms with Crippen LogP contribution in [0.2, 0.25) is 19.6 Å². The minimum absolute atomic E-state index is 0.0865.